The van der Waals surface area contributed by atoms with Gasteiger partial charge in [0.25, 0.3) is 5.91 Å². The molecule has 1 aromatic heterocycles. The van der Waals surface area contributed by atoms with E-state index in [-0.39, 0.29) is 11.7 Å². The van der Waals surface area contributed by atoms with Crippen molar-refractivity contribution < 1.29 is 9.18 Å². The van der Waals surface area contributed by atoms with Gasteiger partial charge in [-0.2, -0.15) is 16.9 Å². The second kappa shape index (κ2) is 8.19. The highest BCUT2D eigenvalue weighted by Gasteiger charge is 2.12. The number of nitrogens with one attached hydrogen (secondary N) is 1. The van der Waals surface area contributed by atoms with E-state index in [1.165, 1.54) is 17.7 Å². The molecule has 134 valence electrons. The number of anilines is 1. The predicted molar refractivity (Wildman–Crippen MR) is 104 cm³/mol. The van der Waals surface area contributed by atoms with Gasteiger partial charge in [0.05, 0.1) is 11.4 Å². The molecule has 0 saturated heterocycles. The summed E-state index contributed by atoms with van der Waals surface area (Å²) in [5, 5.41) is 7.27. The fourth-order valence-electron chi connectivity index (χ4n) is 2.53. The van der Waals surface area contributed by atoms with Crippen LogP contribution >= 0.6 is 11.8 Å². The summed E-state index contributed by atoms with van der Waals surface area (Å²) >= 11 is 1.84. The number of amides is 1. The first-order valence-corrected chi connectivity index (χ1v) is 9.53. The van der Waals surface area contributed by atoms with E-state index >= 15 is 0 Å². The number of carbonyl (C=O) groups excluding carboxylic acids is 1. The van der Waals surface area contributed by atoms with Crippen molar-refractivity contribution in [2.45, 2.75) is 19.6 Å². The van der Waals surface area contributed by atoms with Gasteiger partial charge in [0.1, 0.15) is 11.6 Å². The zero-order valence-electron chi connectivity index (χ0n) is 14.7. The lowest BCUT2D eigenvalue weighted by molar-refractivity contribution is 0.102. The Balaban J connectivity index is 1.78. The van der Waals surface area contributed by atoms with Crippen LogP contribution in [-0.2, 0) is 5.75 Å². The van der Waals surface area contributed by atoms with Gasteiger partial charge in [-0.3, -0.25) is 4.79 Å². The lowest BCUT2D eigenvalue weighted by Gasteiger charge is -2.09. The van der Waals surface area contributed by atoms with Crippen molar-refractivity contribution in [2.24, 2.45) is 0 Å². The lowest BCUT2D eigenvalue weighted by Crippen LogP contribution is -2.15. The maximum Gasteiger partial charge on any atom is 0.256 e. The van der Waals surface area contributed by atoms with Gasteiger partial charge in [-0.25, -0.2) is 9.07 Å². The average molecular weight is 369 g/mol. The van der Waals surface area contributed by atoms with Crippen LogP contribution in [0.3, 0.4) is 0 Å². The Bertz CT molecular complexity index is 888. The van der Waals surface area contributed by atoms with Gasteiger partial charge in [-0.05, 0) is 54.6 Å². The second-order valence-corrected chi connectivity index (χ2v) is 7.12. The summed E-state index contributed by atoms with van der Waals surface area (Å²) in [4.78, 5) is 12.6. The molecular formula is C20H20FN3OS. The Morgan fingerprint density at radius 2 is 1.85 bits per heavy atom. The minimum absolute atomic E-state index is 0.206. The molecule has 3 rings (SSSR count). The zero-order chi connectivity index (χ0) is 18.5. The van der Waals surface area contributed by atoms with E-state index in [9.17, 15) is 9.18 Å². The number of thioether (sulfide) groups is 1. The van der Waals surface area contributed by atoms with Gasteiger partial charge in [-0.1, -0.05) is 19.1 Å². The first-order valence-electron chi connectivity index (χ1n) is 8.37. The molecule has 0 atom stereocenters. The van der Waals surface area contributed by atoms with Crippen LogP contribution in [0.15, 0.2) is 54.6 Å². The number of rotatable bonds is 6. The number of benzene rings is 2. The van der Waals surface area contributed by atoms with Crippen LogP contribution < -0.4 is 5.32 Å². The molecule has 1 heterocycles. The SMILES string of the molecule is CCSCc1ccc(C(=O)Nc2cc(C)nn2-c2ccc(F)cc2)cc1. The number of aryl methyl sites for hydroxylation is 1. The summed E-state index contributed by atoms with van der Waals surface area (Å²) in [7, 11) is 0. The summed E-state index contributed by atoms with van der Waals surface area (Å²) in [5.41, 5.74) is 3.22. The maximum absolute atomic E-state index is 13.1. The summed E-state index contributed by atoms with van der Waals surface area (Å²) in [6.45, 7) is 3.97. The van der Waals surface area contributed by atoms with Crippen molar-refractivity contribution in [3.8, 4) is 5.69 Å². The van der Waals surface area contributed by atoms with Gasteiger partial charge >= 0.3 is 0 Å². The molecule has 6 heteroatoms. The van der Waals surface area contributed by atoms with Crippen LogP contribution in [0.25, 0.3) is 5.69 Å². The standard InChI is InChI=1S/C20H20FN3OS/c1-3-26-13-15-4-6-16(7-5-15)20(25)22-19-12-14(2)23-24(19)18-10-8-17(21)9-11-18/h4-12H,3,13H2,1-2H3,(H,22,25). The molecular weight excluding hydrogens is 349 g/mol. The molecule has 4 nitrogen and oxygen atoms in total. The molecule has 0 bridgehead atoms. The van der Waals surface area contributed by atoms with Crippen LogP contribution in [0.2, 0.25) is 0 Å². The highest BCUT2D eigenvalue weighted by Crippen LogP contribution is 2.19. The quantitative estimate of drug-likeness (QED) is 0.677. The van der Waals surface area contributed by atoms with Crippen LogP contribution in [0.4, 0.5) is 10.2 Å². The maximum atomic E-state index is 13.1. The van der Waals surface area contributed by atoms with E-state index in [4.69, 9.17) is 0 Å². The van der Waals surface area contributed by atoms with Gasteiger partial charge in [0.15, 0.2) is 0 Å². The Kier molecular flexibility index (Phi) is 5.73. The first-order chi connectivity index (χ1) is 12.6. The molecule has 1 amide bonds. The van der Waals surface area contributed by atoms with Crippen LogP contribution in [0, 0.1) is 12.7 Å². The number of nitrogens with zero attached hydrogens (tertiary/aromatic N) is 2. The average Bonchev–Trinajstić information content (AvgIpc) is 3.01. The summed E-state index contributed by atoms with van der Waals surface area (Å²) in [5.74, 6) is 2.03. The molecule has 2 aromatic carbocycles. The number of halogens is 1. The molecule has 0 unspecified atom stereocenters. The van der Waals surface area contributed by atoms with Gasteiger partial charge in [0, 0.05) is 17.4 Å². The van der Waals surface area contributed by atoms with E-state index in [1.807, 2.05) is 43.0 Å². The fraction of sp³-hybridized carbons (Fsp3) is 0.200. The van der Waals surface area contributed by atoms with Gasteiger partial charge in [-0.15, -0.1) is 0 Å². The minimum Gasteiger partial charge on any atom is -0.306 e. The van der Waals surface area contributed by atoms with Crippen molar-refractivity contribution in [2.75, 3.05) is 11.1 Å². The lowest BCUT2D eigenvalue weighted by atomic mass is 10.1. The highest BCUT2D eigenvalue weighted by molar-refractivity contribution is 7.98. The molecule has 0 aliphatic carbocycles. The third-order valence-electron chi connectivity index (χ3n) is 3.83. The van der Waals surface area contributed by atoms with Crippen molar-refractivity contribution in [1.29, 1.82) is 0 Å². The monoisotopic (exact) mass is 369 g/mol. The van der Waals surface area contributed by atoms with E-state index < -0.39 is 0 Å². The third-order valence-corrected chi connectivity index (χ3v) is 4.78. The molecule has 0 aliphatic rings. The van der Waals surface area contributed by atoms with E-state index in [0.717, 1.165) is 17.2 Å². The molecule has 0 saturated carbocycles. The zero-order valence-corrected chi connectivity index (χ0v) is 15.5. The Morgan fingerprint density at radius 3 is 2.50 bits per heavy atom. The summed E-state index contributed by atoms with van der Waals surface area (Å²) < 4.78 is 14.7. The normalized spacial score (nSPS) is 10.7. The van der Waals surface area contributed by atoms with Crippen LogP contribution in [0.5, 0.6) is 0 Å². The number of hydrogen-bond donors (Lipinski definition) is 1. The Hall–Kier alpha value is -2.60. The van der Waals surface area contributed by atoms with E-state index in [0.29, 0.717) is 17.1 Å². The number of hydrogen-bond acceptors (Lipinski definition) is 3. The van der Waals surface area contributed by atoms with Crippen molar-refractivity contribution in [1.82, 2.24) is 9.78 Å². The minimum atomic E-state index is -0.315. The fourth-order valence-corrected chi connectivity index (χ4v) is 3.16. The van der Waals surface area contributed by atoms with Crippen molar-refractivity contribution in [3.63, 3.8) is 0 Å². The first kappa shape index (κ1) is 18.2. The van der Waals surface area contributed by atoms with Crippen molar-refractivity contribution in [3.05, 3.63) is 77.2 Å². The topological polar surface area (TPSA) is 46.9 Å². The molecule has 0 spiro atoms. The van der Waals surface area contributed by atoms with Crippen LogP contribution in [-0.4, -0.2) is 21.4 Å². The van der Waals surface area contributed by atoms with Crippen molar-refractivity contribution >= 4 is 23.5 Å². The second-order valence-electron chi connectivity index (χ2n) is 5.85. The number of carbonyl (C=O) groups is 1. The Morgan fingerprint density at radius 1 is 1.15 bits per heavy atom. The highest BCUT2D eigenvalue weighted by atomic mass is 32.2. The largest absolute Gasteiger partial charge is 0.306 e. The molecule has 3 aromatic rings. The smallest absolute Gasteiger partial charge is 0.256 e. The van der Waals surface area contributed by atoms with E-state index in [2.05, 4.69) is 17.3 Å². The summed E-state index contributed by atoms with van der Waals surface area (Å²) in [6, 6.07) is 15.4. The predicted octanol–water partition coefficient (Wildman–Crippen LogP) is 4.83. The van der Waals surface area contributed by atoms with Gasteiger partial charge in [0.2, 0.25) is 0 Å². The molecule has 0 fully saturated rings. The molecule has 1 N–H and O–H groups in total. The molecule has 0 aliphatic heterocycles. The molecule has 0 radical (unpaired) electrons. The summed E-state index contributed by atoms with van der Waals surface area (Å²) in [6.07, 6.45) is 0. The van der Waals surface area contributed by atoms with Gasteiger partial charge < -0.3 is 5.32 Å². The van der Waals surface area contributed by atoms with E-state index in [1.54, 1.807) is 22.9 Å². The Labute approximate surface area is 156 Å². The number of aromatic nitrogens is 2. The third kappa shape index (κ3) is 4.32. The molecule has 26 heavy (non-hydrogen) atoms. The van der Waals surface area contributed by atoms with Crippen LogP contribution in [0.1, 0.15) is 28.5 Å².